The quantitative estimate of drug-likeness (QED) is 0.871. The van der Waals surface area contributed by atoms with Crippen molar-refractivity contribution < 1.29 is 14.6 Å². The fraction of sp³-hybridized carbons (Fsp3) is 0.182. The minimum Gasteiger partial charge on any atom is -0.477 e. The van der Waals surface area contributed by atoms with Gasteiger partial charge >= 0.3 is 5.97 Å². The lowest BCUT2D eigenvalue weighted by Gasteiger charge is -2.06. The summed E-state index contributed by atoms with van der Waals surface area (Å²) in [6.45, 7) is 1.77. The number of ether oxygens (including phenoxy) is 1. The van der Waals surface area contributed by atoms with Crippen molar-refractivity contribution >= 4 is 5.97 Å². The van der Waals surface area contributed by atoms with Gasteiger partial charge < -0.3 is 9.84 Å². The van der Waals surface area contributed by atoms with Crippen LogP contribution in [-0.2, 0) is 7.05 Å². The highest BCUT2D eigenvalue weighted by molar-refractivity contribution is 5.90. The van der Waals surface area contributed by atoms with Gasteiger partial charge in [0.05, 0.1) is 12.4 Å². The van der Waals surface area contributed by atoms with Crippen molar-refractivity contribution in [3.63, 3.8) is 0 Å². The van der Waals surface area contributed by atoms with E-state index < -0.39 is 5.97 Å². The first-order chi connectivity index (χ1) is 8.06. The zero-order valence-electron chi connectivity index (χ0n) is 9.41. The van der Waals surface area contributed by atoms with Crippen LogP contribution in [-0.4, -0.2) is 25.8 Å². The maximum absolute atomic E-state index is 11.0. The molecule has 2 aromatic rings. The van der Waals surface area contributed by atoms with Crippen LogP contribution < -0.4 is 4.74 Å². The van der Waals surface area contributed by atoms with E-state index in [1.165, 1.54) is 12.4 Å². The zero-order chi connectivity index (χ0) is 12.4. The molecule has 88 valence electrons. The zero-order valence-corrected chi connectivity index (χ0v) is 9.41. The average Bonchev–Trinajstić information content (AvgIpc) is 2.63. The summed E-state index contributed by atoms with van der Waals surface area (Å²) in [6, 6.07) is 1.58. The molecule has 2 aromatic heterocycles. The largest absolute Gasteiger partial charge is 0.477 e. The van der Waals surface area contributed by atoms with E-state index in [0.717, 1.165) is 0 Å². The Labute approximate surface area is 97.5 Å². The third-order valence-corrected chi connectivity index (χ3v) is 2.14. The molecule has 2 heterocycles. The summed E-state index contributed by atoms with van der Waals surface area (Å²) in [5.74, 6) is -0.324. The van der Waals surface area contributed by atoms with Crippen molar-refractivity contribution in [3.8, 4) is 11.5 Å². The number of carboxylic acid groups (broad SMARTS) is 1. The Morgan fingerprint density at radius 3 is 2.82 bits per heavy atom. The molecule has 0 saturated heterocycles. The number of hydrogen-bond donors (Lipinski definition) is 1. The Kier molecular flexibility index (Phi) is 2.78. The van der Waals surface area contributed by atoms with Gasteiger partial charge in [0.25, 0.3) is 0 Å². The lowest BCUT2D eigenvalue weighted by molar-refractivity contribution is 0.0693. The number of hydrogen-bond acceptors (Lipinski definition) is 4. The molecular weight excluding hydrogens is 222 g/mol. The molecule has 0 bridgehead atoms. The van der Waals surface area contributed by atoms with E-state index in [1.807, 2.05) is 0 Å². The lowest BCUT2D eigenvalue weighted by Crippen LogP contribution is -2.01. The Balaban J connectivity index is 2.37. The first-order valence-corrected chi connectivity index (χ1v) is 4.92. The van der Waals surface area contributed by atoms with Gasteiger partial charge in [0.15, 0.2) is 5.75 Å². The van der Waals surface area contributed by atoms with Gasteiger partial charge in [0.1, 0.15) is 11.3 Å². The van der Waals surface area contributed by atoms with E-state index in [9.17, 15) is 4.79 Å². The van der Waals surface area contributed by atoms with Crippen molar-refractivity contribution in [2.75, 3.05) is 0 Å². The van der Waals surface area contributed by atoms with Crippen LogP contribution in [0.4, 0.5) is 0 Å². The second kappa shape index (κ2) is 4.25. The Morgan fingerprint density at radius 1 is 1.47 bits per heavy atom. The molecule has 0 radical (unpaired) electrons. The van der Waals surface area contributed by atoms with Gasteiger partial charge in [0.2, 0.25) is 0 Å². The molecule has 0 aromatic carbocycles. The smallest absolute Gasteiger partial charge is 0.341 e. The number of aromatic carboxylic acids is 1. The number of aromatic nitrogens is 3. The molecule has 0 saturated carbocycles. The van der Waals surface area contributed by atoms with Gasteiger partial charge in [-0.2, -0.15) is 5.10 Å². The third-order valence-electron chi connectivity index (χ3n) is 2.14. The number of carbonyl (C=O) groups is 1. The summed E-state index contributed by atoms with van der Waals surface area (Å²) in [7, 11) is 1.75. The second-order valence-electron chi connectivity index (χ2n) is 3.58. The normalized spacial score (nSPS) is 10.2. The molecule has 6 nitrogen and oxygen atoms in total. The van der Waals surface area contributed by atoms with E-state index in [2.05, 4.69) is 10.1 Å². The van der Waals surface area contributed by atoms with Crippen LogP contribution in [0.15, 0.2) is 24.7 Å². The minimum atomic E-state index is -1.07. The van der Waals surface area contributed by atoms with E-state index in [0.29, 0.717) is 11.4 Å². The Hall–Kier alpha value is -2.37. The molecule has 0 aliphatic carbocycles. The fourth-order valence-corrected chi connectivity index (χ4v) is 1.36. The molecule has 0 aliphatic heterocycles. The predicted octanol–water partition coefficient (Wildman–Crippen LogP) is 1.61. The van der Waals surface area contributed by atoms with Crippen LogP contribution >= 0.6 is 0 Å². The summed E-state index contributed by atoms with van der Waals surface area (Å²) in [5.41, 5.74) is 0.716. The van der Waals surface area contributed by atoms with Gasteiger partial charge in [-0.1, -0.05) is 0 Å². The number of rotatable bonds is 3. The molecule has 0 atom stereocenters. The van der Waals surface area contributed by atoms with E-state index in [4.69, 9.17) is 9.84 Å². The molecule has 2 rings (SSSR count). The highest BCUT2D eigenvalue weighted by Crippen LogP contribution is 2.25. The Morgan fingerprint density at radius 2 is 2.24 bits per heavy atom. The van der Waals surface area contributed by atoms with E-state index >= 15 is 0 Å². The average molecular weight is 233 g/mol. The first kappa shape index (κ1) is 11.1. The van der Waals surface area contributed by atoms with Gasteiger partial charge in [-0.25, -0.2) is 4.79 Å². The summed E-state index contributed by atoms with van der Waals surface area (Å²) in [5, 5.41) is 12.9. The molecule has 0 amide bonds. The highest BCUT2D eigenvalue weighted by Gasteiger charge is 2.13. The molecule has 0 aliphatic rings. The number of pyridine rings is 1. The summed E-state index contributed by atoms with van der Waals surface area (Å²) >= 11 is 0. The monoisotopic (exact) mass is 233 g/mol. The molecule has 0 spiro atoms. The van der Waals surface area contributed by atoms with E-state index in [1.54, 1.807) is 30.9 Å². The maximum atomic E-state index is 11.0. The molecule has 0 fully saturated rings. The van der Waals surface area contributed by atoms with Crippen LogP contribution in [0.25, 0.3) is 0 Å². The Bertz CT molecular complexity index is 563. The molecule has 0 unspecified atom stereocenters. The topological polar surface area (TPSA) is 77.2 Å². The van der Waals surface area contributed by atoms with Gasteiger partial charge in [-0.15, -0.1) is 0 Å². The standard InChI is InChI=1S/C11H11N3O3/c1-7-3-10(9(5-12-7)11(15)16)17-8-4-13-14(2)6-8/h3-6H,1-2H3,(H,15,16). The van der Waals surface area contributed by atoms with Crippen LogP contribution in [0.3, 0.4) is 0 Å². The van der Waals surface area contributed by atoms with Crippen LogP contribution in [0.1, 0.15) is 16.1 Å². The van der Waals surface area contributed by atoms with Crippen molar-refractivity contribution in [2.24, 2.45) is 7.05 Å². The fourth-order valence-electron chi connectivity index (χ4n) is 1.36. The van der Waals surface area contributed by atoms with Crippen molar-refractivity contribution in [2.45, 2.75) is 6.92 Å². The van der Waals surface area contributed by atoms with Gasteiger partial charge in [0, 0.05) is 25.0 Å². The second-order valence-corrected chi connectivity index (χ2v) is 3.58. The van der Waals surface area contributed by atoms with Gasteiger partial charge in [-0.05, 0) is 6.92 Å². The maximum Gasteiger partial charge on any atom is 0.341 e. The third kappa shape index (κ3) is 2.41. The number of aryl methyl sites for hydroxylation is 2. The SMILES string of the molecule is Cc1cc(Oc2cnn(C)c2)c(C(=O)O)cn1. The summed E-state index contributed by atoms with van der Waals surface area (Å²) in [4.78, 5) is 14.9. The predicted molar refractivity (Wildman–Crippen MR) is 59.2 cm³/mol. The van der Waals surface area contributed by atoms with Crippen LogP contribution in [0.5, 0.6) is 11.5 Å². The highest BCUT2D eigenvalue weighted by atomic mass is 16.5. The summed E-state index contributed by atoms with van der Waals surface area (Å²) < 4.78 is 7.04. The number of nitrogens with zero attached hydrogens (tertiary/aromatic N) is 3. The molecular formula is C11H11N3O3. The van der Waals surface area contributed by atoms with E-state index in [-0.39, 0.29) is 11.3 Å². The van der Waals surface area contributed by atoms with Crippen molar-refractivity contribution in [1.29, 1.82) is 0 Å². The van der Waals surface area contributed by atoms with Crippen LogP contribution in [0.2, 0.25) is 0 Å². The van der Waals surface area contributed by atoms with Crippen molar-refractivity contribution in [3.05, 3.63) is 35.9 Å². The first-order valence-electron chi connectivity index (χ1n) is 4.92. The molecule has 17 heavy (non-hydrogen) atoms. The molecule has 6 heteroatoms. The van der Waals surface area contributed by atoms with Crippen LogP contribution in [0, 0.1) is 6.92 Å². The minimum absolute atomic E-state index is 0.0273. The summed E-state index contributed by atoms with van der Waals surface area (Å²) in [6.07, 6.45) is 4.45. The van der Waals surface area contributed by atoms with Gasteiger partial charge in [-0.3, -0.25) is 9.67 Å². The number of carboxylic acids is 1. The van der Waals surface area contributed by atoms with Crippen molar-refractivity contribution in [1.82, 2.24) is 14.8 Å². The lowest BCUT2D eigenvalue weighted by atomic mass is 10.2. The molecule has 1 N–H and O–H groups in total.